The molecular weight excluding hydrogens is 374 g/mol. The molecule has 0 radical (unpaired) electrons. The SMILES string of the molecule is C1CCOCC1.C1CCOCC1.CC#N.CCCCCC.CO.Cc1ccccc1. The standard InChI is InChI=1S/C7H8.C6H14.2C5H10O.C2H3N.CH4O/c1-7-5-3-2-4-6-7;1-3-5-6-4-2;2*1-2-4-6-5-3-1;1-2-3;1-2/h2-6H,1H3;3-6H2,1-2H3;2*1-5H2;1H3;2H,1H3. The van der Waals surface area contributed by atoms with Gasteiger partial charge in [0.25, 0.3) is 0 Å². The molecule has 30 heavy (non-hydrogen) atoms. The molecule has 0 aliphatic carbocycles. The van der Waals surface area contributed by atoms with Crippen LogP contribution in [0.15, 0.2) is 30.3 Å². The van der Waals surface area contributed by atoms with E-state index in [-0.39, 0.29) is 0 Å². The predicted octanol–water partition coefficient (Wildman–Crippen LogP) is 7.09. The molecule has 4 heteroatoms. The zero-order chi connectivity index (χ0) is 23.1. The molecule has 2 aliphatic heterocycles. The summed E-state index contributed by atoms with van der Waals surface area (Å²) in [5, 5.41) is 14.3. The van der Waals surface area contributed by atoms with E-state index < -0.39 is 0 Å². The third-order valence-corrected chi connectivity index (χ3v) is 4.05. The number of nitrogens with zero attached hydrogens (tertiary/aromatic N) is 1. The Kier molecular flexibility index (Phi) is 38.8. The first-order valence-corrected chi connectivity index (χ1v) is 11.7. The number of rotatable bonds is 3. The fourth-order valence-electron chi connectivity index (χ4n) is 2.41. The van der Waals surface area contributed by atoms with Gasteiger partial charge in [0.15, 0.2) is 0 Å². The van der Waals surface area contributed by atoms with Crippen LogP contribution < -0.4 is 0 Å². The molecule has 0 unspecified atom stereocenters. The lowest BCUT2D eigenvalue weighted by molar-refractivity contribution is 0.0967. The molecule has 1 aromatic rings. The predicted molar refractivity (Wildman–Crippen MR) is 130 cm³/mol. The molecule has 2 aliphatic rings. The van der Waals surface area contributed by atoms with E-state index >= 15 is 0 Å². The lowest BCUT2D eigenvalue weighted by atomic mass is 10.2. The average molecular weight is 424 g/mol. The number of aliphatic hydroxyl groups excluding tert-OH is 1. The number of aryl methyl sites for hydroxylation is 1. The Morgan fingerprint density at radius 3 is 1.23 bits per heavy atom. The fourth-order valence-corrected chi connectivity index (χ4v) is 2.41. The summed E-state index contributed by atoms with van der Waals surface area (Å²) in [4.78, 5) is 0. The van der Waals surface area contributed by atoms with E-state index in [0.29, 0.717) is 0 Å². The zero-order valence-electron chi connectivity index (χ0n) is 20.5. The molecule has 0 amide bonds. The summed E-state index contributed by atoms with van der Waals surface area (Å²) in [5.41, 5.74) is 1.32. The molecule has 0 saturated carbocycles. The lowest BCUT2D eigenvalue weighted by Gasteiger charge is -2.08. The van der Waals surface area contributed by atoms with Gasteiger partial charge in [-0.25, -0.2) is 0 Å². The highest BCUT2D eigenvalue weighted by molar-refractivity contribution is 5.11. The first-order chi connectivity index (χ1) is 14.7. The lowest BCUT2D eigenvalue weighted by Crippen LogP contribution is -2.03. The van der Waals surface area contributed by atoms with Crippen molar-refractivity contribution in [2.24, 2.45) is 0 Å². The van der Waals surface area contributed by atoms with Crippen LogP contribution in [0.2, 0.25) is 0 Å². The second-order valence-electron chi connectivity index (χ2n) is 6.93. The highest BCUT2D eigenvalue weighted by atomic mass is 16.5. The smallest absolute Gasteiger partial charge is 0.0587 e. The van der Waals surface area contributed by atoms with Gasteiger partial charge in [-0.3, -0.25) is 0 Å². The van der Waals surface area contributed by atoms with Gasteiger partial charge in [0.1, 0.15) is 0 Å². The van der Waals surface area contributed by atoms with Crippen LogP contribution >= 0.6 is 0 Å². The van der Waals surface area contributed by atoms with Crippen molar-refractivity contribution >= 4 is 0 Å². The van der Waals surface area contributed by atoms with Gasteiger partial charge in [0, 0.05) is 40.5 Å². The highest BCUT2D eigenvalue weighted by Crippen LogP contribution is 2.02. The van der Waals surface area contributed by atoms with Gasteiger partial charge in [-0.15, -0.1) is 0 Å². The maximum absolute atomic E-state index is 7.32. The van der Waals surface area contributed by atoms with Crippen LogP contribution in [0.5, 0.6) is 0 Å². The Bertz CT molecular complexity index is 371. The second-order valence-corrected chi connectivity index (χ2v) is 6.93. The largest absolute Gasteiger partial charge is 0.400 e. The third-order valence-electron chi connectivity index (χ3n) is 4.05. The Hall–Kier alpha value is -1.41. The maximum atomic E-state index is 7.32. The van der Waals surface area contributed by atoms with E-state index in [1.54, 1.807) is 6.07 Å². The molecule has 1 aromatic carbocycles. The van der Waals surface area contributed by atoms with Crippen LogP contribution in [0.3, 0.4) is 0 Å². The Balaban J connectivity index is -0.000000303. The summed E-state index contributed by atoms with van der Waals surface area (Å²) < 4.78 is 10.1. The topological polar surface area (TPSA) is 62.5 Å². The Morgan fingerprint density at radius 1 is 0.767 bits per heavy atom. The van der Waals surface area contributed by atoms with Crippen molar-refractivity contribution in [2.75, 3.05) is 33.5 Å². The monoisotopic (exact) mass is 423 g/mol. The molecule has 3 rings (SSSR count). The average Bonchev–Trinajstić information content (AvgIpc) is 2.83. The third kappa shape index (κ3) is 37.4. The van der Waals surface area contributed by atoms with Crippen molar-refractivity contribution in [1.29, 1.82) is 5.26 Å². The van der Waals surface area contributed by atoms with Crippen LogP contribution in [-0.4, -0.2) is 38.6 Å². The fraction of sp³-hybridized carbons (Fsp3) is 0.731. The van der Waals surface area contributed by atoms with Crippen molar-refractivity contribution < 1.29 is 14.6 Å². The highest BCUT2D eigenvalue weighted by Gasteiger charge is 1.95. The number of aliphatic hydroxyl groups is 1. The van der Waals surface area contributed by atoms with Gasteiger partial charge in [-0.1, -0.05) is 75.4 Å². The van der Waals surface area contributed by atoms with Gasteiger partial charge in [-0.2, -0.15) is 5.26 Å². The molecule has 0 bridgehead atoms. The minimum atomic E-state index is 1.00. The molecular formula is C26H49NO3. The number of hydrogen-bond acceptors (Lipinski definition) is 4. The quantitative estimate of drug-likeness (QED) is 0.527. The van der Waals surface area contributed by atoms with Crippen LogP contribution in [-0.2, 0) is 9.47 Å². The first-order valence-electron chi connectivity index (χ1n) is 11.7. The summed E-state index contributed by atoms with van der Waals surface area (Å²) in [5.74, 6) is 0. The van der Waals surface area contributed by atoms with Gasteiger partial charge in [-0.05, 0) is 45.4 Å². The van der Waals surface area contributed by atoms with Gasteiger partial charge >= 0.3 is 0 Å². The first kappa shape index (κ1) is 33.2. The number of unbranched alkanes of at least 4 members (excludes halogenated alkanes) is 3. The van der Waals surface area contributed by atoms with E-state index in [1.165, 1.54) is 76.7 Å². The van der Waals surface area contributed by atoms with Crippen LogP contribution in [0.4, 0.5) is 0 Å². The van der Waals surface area contributed by atoms with Crippen molar-refractivity contribution in [3.8, 4) is 6.07 Å². The molecule has 1 N–H and O–H groups in total. The van der Waals surface area contributed by atoms with Gasteiger partial charge in [0.2, 0.25) is 0 Å². The van der Waals surface area contributed by atoms with E-state index in [1.807, 2.05) is 18.2 Å². The van der Waals surface area contributed by atoms with E-state index in [4.69, 9.17) is 19.8 Å². The van der Waals surface area contributed by atoms with Crippen molar-refractivity contribution in [3.63, 3.8) is 0 Å². The van der Waals surface area contributed by atoms with E-state index in [2.05, 4.69) is 32.9 Å². The molecule has 4 nitrogen and oxygen atoms in total. The summed E-state index contributed by atoms with van der Waals surface area (Å²) in [6.45, 7) is 12.0. The number of nitriles is 1. The van der Waals surface area contributed by atoms with Gasteiger partial charge < -0.3 is 14.6 Å². The second kappa shape index (κ2) is 35.1. The minimum absolute atomic E-state index is 1.00. The minimum Gasteiger partial charge on any atom is -0.400 e. The van der Waals surface area contributed by atoms with Crippen LogP contribution in [0.1, 0.15) is 90.5 Å². The zero-order valence-corrected chi connectivity index (χ0v) is 20.5. The van der Waals surface area contributed by atoms with Crippen LogP contribution in [0, 0.1) is 18.3 Å². The van der Waals surface area contributed by atoms with Crippen LogP contribution in [0.25, 0.3) is 0 Å². The van der Waals surface area contributed by atoms with Crippen molar-refractivity contribution in [1.82, 2.24) is 0 Å². The number of benzene rings is 1. The summed E-state index contributed by atoms with van der Waals surface area (Å²) in [6.07, 6.45) is 13.4. The molecule has 0 atom stereocenters. The van der Waals surface area contributed by atoms with E-state index in [9.17, 15) is 0 Å². The summed E-state index contributed by atoms with van der Waals surface area (Å²) in [7, 11) is 1.00. The number of hydrogen-bond donors (Lipinski definition) is 1. The number of ether oxygens (including phenoxy) is 2. The molecule has 2 saturated heterocycles. The molecule has 176 valence electrons. The maximum Gasteiger partial charge on any atom is 0.0587 e. The van der Waals surface area contributed by atoms with Gasteiger partial charge in [0.05, 0.1) is 6.07 Å². The molecule has 2 fully saturated rings. The molecule has 0 aromatic heterocycles. The normalized spacial score (nSPS) is 13.9. The molecule has 0 spiro atoms. The van der Waals surface area contributed by atoms with Crippen molar-refractivity contribution in [2.45, 2.75) is 91.9 Å². The van der Waals surface area contributed by atoms with E-state index in [0.717, 1.165) is 33.5 Å². The molecule has 2 heterocycles. The summed E-state index contributed by atoms with van der Waals surface area (Å²) in [6, 6.07) is 12.0. The van der Waals surface area contributed by atoms with Crippen molar-refractivity contribution in [3.05, 3.63) is 35.9 Å². The Morgan fingerprint density at radius 2 is 1.10 bits per heavy atom. The summed E-state index contributed by atoms with van der Waals surface area (Å²) >= 11 is 0. The Labute approximate surface area is 187 Å².